The topological polar surface area (TPSA) is 96.5 Å². The fraction of sp³-hybridized carbons (Fsp3) is 0.105. The predicted octanol–water partition coefficient (Wildman–Crippen LogP) is 3.74. The van der Waals surface area contributed by atoms with Crippen LogP contribution in [0.25, 0.3) is 10.9 Å². The summed E-state index contributed by atoms with van der Waals surface area (Å²) in [5.74, 6) is -2.65. The normalized spacial score (nSPS) is 10.7. The first-order valence-corrected chi connectivity index (χ1v) is 8.08. The van der Waals surface area contributed by atoms with Gasteiger partial charge in [-0.05, 0) is 30.7 Å². The van der Waals surface area contributed by atoms with E-state index in [2.05, 4.69) is 4.98 Å². The summed E-state index contributed by atoms with van der Waals surface area (Å²) in [6.45, 7) is 1.79. The van der Waals surface area contributed by atoms with Crippen molar-refractivity contribution in [1.82, 2.24) is 4.98 Å². The van der Waals surface area contributed by atoms with Crippen LogP contribution < -0.4 is 4.74 Å². The highest BCUT2D eigenvalue weighted by molar-refractivity contribution is 6.31. The lowest BCUT2D eigenvalue weighted by atomic mass is 10.0. The summed E-state index contributed by atoms with van der Waals surface area (Å²) < 4.78 is 5.22. The van der Waals surface area contributed by atoms with Crippen LogP contribution in [-0.2, 0) is 9.59 Å². The molecule has 0 aliphatic carbocycles. The molecule has 0 radical (unpaired) electrons. The van der Waals surface area contributed by atoms with Crippen molar-refractivity contribution in [2.45, 2.75) is 13.3 Å². The molecule has 6 nitrogen and oxygen atoms in total. The van der Waals surface area contributed by atoms with Crippen molar-refractivity contribution < 1.29 is 24.2 Å². The number of ether oxygens (including phenoxy) is 1. The molecule has 2 N–H and O–H groups in total. The number of carboxylic acid groups (broad SMARTS) is 1. The van der Waals surface area contributed by atoms with Crippen molar-refractivity contribution in [1.29, 1.82) is 0 Å². The van der Waals surface area contributed by atoms with Gasteiger partial charge in [-0.15, -0.1) is 0 Å². The molecule has 0 atom stereocenters. The Morgan fingerprint density at radius 2 is 1.88 bits per heavy atom. The van der Waals surface area contributed by atoms with E-state index >= 15 is 0 Å². The average Bonchev–Trinajstić information content (AvgIpc) is 2.91. The number of aliphatic carboxylic acids is 1. The summed E-state index contributed by atoms with van der Waals surface area (Å²) in [6, 6.07) is 11.8. The number of hydrogen-bond donors (Lipinski definition) is 2. The molecular formula is C19H14ClNO5. The lowest BCUT2D eigenvalue weighted by molar-refractivity contribution is -0.145. The van der Waals surface area contributed by atoms with Crippen molar-refractivity contribution in [3.8, 4) is 5.75 Å². The van der Waals surface area contributed by atoms with Crippen molar-refractivity contribution >= 4 is 40.2 Å². The van der Waals surface area contributed by atoms with Gasteiger partial charge in [-0.2, -0.15) is 0 Å². The second kappa shape index (κ2) is 7.01. The fourth-order valence-corrected chi connectivity index (χ4v) is 2.82. The molecule has 0 bridgehead atoms. The number of carbonyl (C=O) groups is 3. The van der Waals surface area contributed by atoms with Gasteiger partial charge in [-0.1, -0.05) is 35.9 Å². The molecule has 1 aromatic heterocycles. The largest absolute Gasteiger partial charge is 0.481 e. The van der Waals surface area contributed by atoms with Crippen LogP contribution in [0.1, 0.15) is 28.0 Å². The van der Waals surface area contributed by atoms with Crippen LogP contribution in [0, 0.1) is 6.92 Å². The SMILES string of the molecule is Cc1ccccc1C(=O)c1[nH]c2cc(Cl)ccc2c1OC(=O)CC(=O)O. The number of fused-ring (bicyclic) bond motifs is 1. The molecule has 0 spiro atoms. The number of carbonyl (C=O) groups excluding carboxylic acids is 2. The smallest absolute Gasteiger partial charge is 0.322 e. The molecule has 3 rings (SSSR count). The van der Waals surface area contributed by atoms with Gasteiger partial charge < -0.3 is 14.8 Å². The van der Waals surface area contributed by atoms with Gasteiger partial charge in [0.2, 0.25) is 5.78 Å². The Morgan fingerprint density at radius 3 is 2.58 bits per heavy atom. The Hall–Kier alpha value is -3.12. The number of ketones is 1. The molecule has 132 valence electrons. The lowest BCUT2D eigenvalue weighted by Gasteiger charge is -2.07. The van der Waals surface area contributed by atoms with Crippen molar-refractivity contribution in [3.05, 3.63) is 64.3 Å². The van der Waals surface area contributed by atoms with Crippen LogP contribution in [-0.4, -0.2) is 27.8 Å². The molecule has 0 aliphatic rings. The second-order valence-electron chi connectivity index (χ2n) is 5.71. The molecule has 0 unspecified atom stereocenters. The molecule has 1 heterocycles. The van der Waals surface area contributed by atoms with Crippen LogP contribution in [0.2, 0.25) is 5.02 Å². The van der Waals surface area contributed by atoms with E-state index in [4.69, 9.17) is 21.4 Å². The molecule has 0 aliphatic heterocycles. The number of aryl methyl sites for hydroxylation is 1. The van der Waals surface area contributed by atoms with Crippen LogP contribution >= 0.6 is 11.6 Å². The number of hydrogen-bond acceptors (Lipinski definition) is 4. The minimum Gasteiger partial charge on any atom is -0.481 e. The molecule has 0 saturated carbocycles. The Kier molecular flexibility index (Phi) is 4.77. The quantitative estimate of drug-likeness (QED) is 0.404. The number of benzene rings is 2. The molecule has 3 aromatic rings. The summed E-state index contributed by atoms with van der Waals surface area (Å²) in [5.41, 5.74) is 1.78. The average molecular weight is 372 g/mol. The molecule has 26 heavy (non-hydrogen) atoms. The molecule has 0 amide bonds. The van der Waals surface area contributed by atoms with Crippen LogP contribution in [0.3, 0.4) is 0 Å². The van der Waals surface area contributed by atoms with E-state index in [0.29, 0.717) is 21.5 Å². The first-order valence-electron chi connectivity index (χ1n) is 7.71. The highest BCUT2D eigenvalue weighted by atomic mass is 35.5. The van der Waals surface area contributed by atoms with Gasteiger partial charge in [0, 0.05) is 16.0 Å². The summed E-state index contributed by atoms with van der Waals surface area (Å²) in [5, 5.41) is 9.67. The number of halogens is 1. The molecule has 7 heteroatoms. The Bertz CT molecular complexity index is 1040. The second-order valence-corrected chi connectivity index (χ2v) is 6.14. The van der Waals surface area contributed by atoms with E-state index in [1.54, 1.807) is 43.3 Å². The maximum atomic E-state index is 13.0. The highest BCUT2D eigenvalue weighted by Crippen LogP contribution is 2.34. The first kappa shape index (κ1) is 17.7. The Morgan fingerprint density at radius 1 is 1.15 bits per heavy atom. The molecule has 2 aromatic carbocycles. The van der Waals surface area contributed by atoms with Crippen LogP contribution in [0.15, 0.2) is 42.5 Å². The van der Waals surface area contributed by atoms with Gasteiger partial charge in [-0.3, -0.25) is 14.4 Å². The highest BCUT2D eigenvalue weighted by Gasteiger charge is 2.24. The fourth-order valence-electron chi connectivity index (χ4n) is 2.65. The molecule has 0 fully saturated rings. The monoisotopic (exact) mass is 371 g/mol. The minimum absolute atomic E-state index is 0.00355. The number of H-pyrrole nitrogens is 1. The summed E-state index contributed by atoms with van der Waals surface area (Å²) in [4.78, 5) is 38.5. The Balaban J connectivity index is 2.13. The van der Waals surface area contributed by atoms with E-state index < -0.39 is 18.4 Å². The zero-order valence-corrected chi connectivity index (χ0v) is 14.5. The number of esters is 1. The zero-order valence-electron chi connectivity index (χ0n) is 13.7. The van der Waals surface area contributed by atoms with E-state index in [-0.39, 0.29) is 17.2 Å². The van der Waals surface area contributed by atoms with Gasteiger partial charge in [0.15, 0.2) is 5.75 Å². The maximum Gasteiger partial charge on any atom is 0.322 e. The van der Waals surface area contributed by atoms with Crippen molar-refractivity contribution in [2.24, 2.45) is 0 Å². The van der Waals surface area contributed by atoms with E-state index in [1.807, 2.05) is 6.07 Å². The van der Waals surface area contributed by atoms with E-state index in [0.717, 1.165) is 5.56 Å². The van der Waals surface area contributed by atoms with Crippen LogP contribution in [0.5, 0.6) is 5.75 Å². The lowest BCUT2D eigenvalue weighted by Crippen LogP contribution is -2.15. The van der Waals surface area contributed by atoms with Gasteiger partial charge in [0.25, 0.3) is 0 Å². The van der Waals surface area contributed by atoms with Crippen molar-refractivity contribution in [2.75, 3.05) is 0 Å². The van der Waals surface area contributed by atoms with Gasteiger partial charge in [-0.25, -0.2) is 0 Å². The maximum absolute atomic E-state index is 13.0. The number of aromatic amines is 1. The molecule has 0 saturated heterocycles. The predicted molar refractivity (Wildman–Crippen MR) is 95.8 cm³/mol. The summed E-state index contributed by atoms with van der Waals surface area (Å²) in [7, 11) is 0. The third kappa shape index (κ3) is 3.45. The summed E-state index contributed by atoms with van der Waals surface area (Å²) in [6.07, 6.45) is -0.807. The number of carboxylic acids is 1. The Labute approximate surface area is 153 Å². The summed E-state index contributed by atoms with van der Waals surface area (Å²) >= 11 is 5.99. The van der Waals surface area contributed by atoms with E-state index in [9.17, 15) is 14.4 Å². The van der Waals surface area contributed by atoms with Gasteiger partial charge >= 0.3 is 11.9 Å². The number of nitrogens with one attached hydrogen (secondary N) is 1. The zero-order chi connectivity index (χ0) is 18.8. The van der Waals surface area contributed by atoms with Crippen LogP contribution in [0.4, 0.5) is 0 Å². The third-order valence-corrected chi connectivity index (χ3v) is 4.08. The molecular weight excluding hydrogens is 358 g/mol. The first-order chi connectivity index (χ1) is 12.4. The number of rotatable bonds is 5. The third-order valence-electron chi connectivity index (χ3n) is 3.84. The number of aromatic nitrogens is 1. The van der Waals surface area contributed by atoms with Gasteiger partial charge in [0.1, 0.15) is 12.1 Å². The van der Waals surface area contributed by atoms with E-state index in [1.165, 1.54) is 0 Å². The van der Waals surface area contributed by atoms with Crippen molar-refractivity contribution in [3.63, 3.8) is 0 Å². The van der Waals surface area contributed by atoms with Gasteiger partial charge in [0.05, 0.1) is 5.52 Å². The standard InChI is InChI=1S/C19H14ClNO5/c1-10-4-2-3-5-12(10)18(25)17-19(26-16(24)9-15(22)23)13-7-6-11(20)8-14(13)21-17/h2-8,21H,9H2,1H3,(H,22,23). The minimum atomic E-state index is -1.32.